The van der Waals surface area contributed by atoms with Crippen molar-refractivity contribution >= 4 is 34.1 Å². The number of nitrogens with zero attached hydrogens (tertiary/aromatic N) is 2. The van der Waals surface area contributed by atoms with Gasteiger partial charge in [0.05, 0.1) is 0 Å². The lowest BCUT2D eigenvalue weighted by Gasteiger charge is -2.33. The first-order chi connectivity index (χ1) is 26.8. The normalized spacial score (nSPS) is 14.2. The summed E-state index contributed by atoms with van der Waals surface area (Å²) in [6, 6.07) is 44.1. The summed E-state index contributed by atoms with van der Waals surface area (Å²) in [5, 5.41) is 0. The molecular formula is C52H46F2N2. The van der Waals surface area contributed by atoms with E-state index < -0.39 is 0 Å². The van der Waals surface area contributed by atoms with Gasteiger partial charge >= 0.3 is 0 Å². The molecule has 7 aromatic carbocycles. The van der Waals surface area contributed by atoms with E-state index >= 15 is 0 Å². The average Bonchev–Trinajstić information content (AvgIpc) is 3.56. The fourth-order valence-electron chi connectivity index (χ4n) is 9.67. The Labute approximate surface area is 329 Å². The quantitative estimate of drug-likeness (QED) is 0.168. The van der Waals surface area contributed by atoms with E-state index in [-0.39, 0.29) is 22.5 Å². The van der Waals surface area contributed by atoms with Crippen molar-refractivity contribution in [2.45, 2.75) is 66.2 Å². The SMILES string of the molecule is Cc1ccccc1N(c1ccc(F)cc1)c1ccc2c(c1)C(C)(C)c1c-2c(C)c(C)c2c1C(C)(C)c1cc(N(c3ccc(F)cc3)c3ccccc3C)ccc1-2. The molecule has 0 saturated heterocycles. The molecule has 0 heterocycles. The molecule has 0 saturated carbocycles. The van der Waals surface area contributed by atoms with Gasteiger partial charge in [-0.05, 0) is 179 Å². The van der Waals surface area contributed by atoms with Crippen LogP contribution in [0, 0.1) is 39.3 Å². The van der Waals surface area contributed by atoms with E-state index in [0.29, 0.717) is 0 Å². The molecular weight excluding hydrogens is 691 g/mol. The maximum absolute atomic E-state index is 14.2. The van der Waals surface area contributed by atoms with Crippen molar-refractivity contribution in [3.63, 3.8) is 0 Å². The number of fused-ring (bicyclic) bond motifs is 7. The topological polar surface area (TPSA) is 6.48 Å². The number of rotatable bonds is 6. The van der Waals surface area contributed by atoms with Gasteiger partial charge < -0.3 is 9.80 Å². The van der Waals surface area contributed by atoms with Crippen molar-refractivity contribution in [3.8, 4) is 22.3 Å². The Morgan fingerprint density at radius 2 is 0.750 bits per heavy atom. The van der Waals surface area contributed by atoms with Gasteiger partial charge in [-0.1, -0.05) is 76.2 Å². The van der Waals surface area contributed by atoms with Gasteiger partial charge in [0.15, 0.2) is 0 Å². The molecule has 0 aromatic heterocycles. The Kier molecular flexibility index (Phi) is 8.14. The van der Waals surface area contributed by atoms with Crippen molar-refractivity contribution in [1.82, 2.24) is 0 Å². The molecule has 0 spiro atoms. The van der Waals surface area contributed by atoms with Crippen LogP contribution in [0.3, 0.4) is 0 Å². The van der Waals surface area contributed by atoms with Crippen LogP contribution in [0.4, 0.5) is 42.9 Å². The van der Waals surface area contributed by atoms with Gasteiger partial charge in [-0.3, -0.25) is 0 Å². The number of anilines is 6. The molecule has 2 aliphatic rings. The van der Waals surface area contributed by atoms with Crippen molar-refractivity contribution in [2.75, 3.05) is 9.80 Å². The first-order valence-corrected chi connectivity index (χ1v) is 19.5. The summed E-state index contributed by atoms with van der Waals surface area (Å²) < 4.78 is 28.4. The number of hydrogen-bond donors (Lipinski definition) is 0. The van der Waals surface area contributed by atoms with Crippen LogP contribution in [-0.2, 0) is 10.8 Å². The Bertz CT molecular complexity index is 2520. The predicted octanol–water partition coefficient (Wildman–Crippen LogP) is 14.8. The summed E-state index contributed by atoms with van der Waals surface area (Å²) in [7, 11) is 0. The van der Waals surface area contributed by atoms with E-state index in [0.717, 1.165) is 45.3 Å². The highest BCUT2D eigenvalue weighted by Crippen LogP contribution is 2.62. The van der Waals surface area contributed by atoms with Crippen LogP contribution >= 0.6 is 0 Å². The van der Waals surface area contributed by atoms with Gasteiger partial charge in [0.2, 0.25) is 0 Å². The third-order valence-corrected chi connectivity index (χ3v) is 12.6. The maximum atomic E-state index is 14.2. The molecule has 0 atom stereocenters. The second kappa shape index (κ2) is 12.8. The second-order valence-corrected chi connectivity index (χ2v) is 16.7. The molecule has 7 aromatic rings. The summed E-state index contributed by atoms with van der Waals surface area (Å²) >= 11 is 0. The zero-order valence-electron chi connectivity index (χ0n) is 33.4. The molecule has 0 N–H and O–H groups in total. The van der Waals surface area contributed by atoms with E-state index in [1.165, 1.54) is 79.9 Å². The molecule has 4 heteroatoms. The Hall–Kier alpha value is -6.00. The first kappa shape index (κ1) is 35.7. The third-order valence-electron chi connectivity index (χ3n) is 12.6. The third kappa shape index (κ3) is 5.26. The molecule has 56 heavy (non-hydrogen) atoms. The fraction of sp³-hybridized carbons (Fsp3) is 0.192. The van der Waals surface area contributed by atoms with Crippen LogP contribution in [-0.4, -0.2) is 0 Å². The average molecular weight is 737 g/mol. The number of benzene rings is 7. The van der Waals surface area contributed by atoms with Gasteiger partial charge in [0, 0.05) is 45.0 Å². The molecule has 0 unspecified atom stereocenters. The first-order valence-electron chi connectivity index (χ1n) is 19.5. The molecule has 0 amide bonds. The molecule has 278 valence electrons. The molecule has 0 radical (unpaired) electrons. The lowest BCUT2D eigenvalue weighted by molar-refractivity contribution is 0.600. The number of hydrogen-bond acceptors (Lipinski definition) is 2. The van der Waals surface area contributed by atoms with Crippen LogP contribution < -0.4 is 9.80 Å². The molecule has 0 aliphatic heterocycles. The Balaban J connectivity index is 1.21. The van der Waals surface area contributed by atoms with Crippen LogP contribution in [0.1, 0.15) is 72.2 Å². The van der Waals surface area contributed by atoms with Crippen molar-refractivity contribution in [3.05, 3.63) is 190 Å². The lowest BCUT2D eigenvalue weighted by Crippen LogP contribution is -2.25. The zero-order chi connectivity index (χ0) is 39.3. The highest BCUT2D eigenvalue weighted by molar-refractivity contribution is 5.97. The minimum Gasteiger partial charge on any atom is -0.310 e. The second-order valence-electron chi connectivity index (χ2n) is 16.7. The maximum Gasteiger partial charge on any atom is 0.123 e. The monoisotopic (exact) mass is 736 g/mol. The summed E-state index contributed by atoms with van der Waals surface area (Å²) in [5.74, 6) is -0.504. The minimum atomic E-state index is -0.313. The lowest BCUT2D eigenvalue weighted by atomic mass is 9.71. The smallest absolute Gasteiger partial charge is 0.123 e. The molecule has 2 aliphatic carbocycles. The van der Waals surface area contributed by atoms with E-state index in [2.05, 4.69) is 150 Å². The van der Waals surface area contributed by atoms with E-state index in [4.69, 9.17) is 0 Å². The number of aryl methyl sites for hydroxylation is 2. The van der Waals surface area contributed by atoms with Crippen molar-refractivity contribution in [2.24, 2.45) is 0 Å². The summed E-state index contributed by atoms with van der Waals surface area (Å²) in [4.78, 5) is 4.50. The van der Waals surface area contributed by atoms with Gasteiger partial charge in [-0.25, -0.2) is 8.78 Å². The molecule has 0 bridgehead atoms. The highest BCUT2D eigenvalue weighted by Gasteiger charge is 2.48. The summed E-state index contributed by atoms with van der Waals surface area (Å²) in [6.07, 6.45) is 0. The summed E-state index contributed by atoms with van der Waals surface area (Å²) in [6.45, 7) is 18.4. The van der Waals surface area contributed by atoms with E-state index in [1.807, 2.05) is 24.3 Å². The van der Waals surface area contributed by atoms with Gasteiger partial charge in [-0.2, -0.15) is 0 Å². The molecule has 9 rings (SSSR count). The van der Waals surface area contributed by atoms with Gasteiger partial charge in [0.25, 0.3) is 0 Å². The highest BCUT2D eigenvalue weighted by atomic mass is 19.1. The van der Waals surface area contributed by atoms with E-state index in [9.17, 15) is 8.78 Å². The van der Waals surface area contributed by atoms with Crippen LogP contribution in [0.25, 0.3) is 22.3 Å². The fourth-order valence-corrected chi connectivity index (χ4v) is 9.67. The standard InChI is InChI=1S/C52H46F2N2/c1-31-13-9-11-15-45(31)55(37-21-17-35(53)18-22-37)39-25-27-41-43(29-39)51(5,6)49-47(41)33(3)34(4)48-42-28-26-40(30-44(42)52(7,8)50(48)49)56(38-23-19-36(54)20-24-38)46-16-12-10-14-32(46)2/h9-30H,1-8H3. The molecule has 2 nitrogen and oxygen atoms in total. The van der Waals surface area contributed by atoms with Gasteiger partial charge in [0.1, 0.15) is 11.6 Å². The van der Waals surface area contributed by atoms with Crippen molar-refractivity contribution in [1.29, 1.82) is 0 Å². The zero-order valence-corrected chi connectivity index (χ0v) is 33.4. The Morgan fingerprint density at radius 1 is 0.411 bits per heavy atom. The van der Waals surface area contributed by atoms with Crippen LogP contribution in [0.5, 0.6) is 0 Å². The number of halogens is 2. The Morgan fingerprint density at radius 3 is 1.11 bits per heavy atom. The van der Waals surface area contributed by atoms with E-state index in [1.54, 1.807) is 0 Å². The molecule has 0 fully saturated rings. The predicted molar refractivity (Wildman–Crippen MR) is 230 cm³/mol. The van der Waals surface area contributed by atoms with Crippen LogP contribution in [0.15, 0.2) is 133 Å². The van der Waals surface area contributed by atoms with Gasteiger partial charge in [-0.15, -0.1) is 0 Å². The van der Waals surface area contributed by atoms with Crippen molar-refractivity contribution < 1.29 is 8.78 Å². The number of para-hydroxylation sites is 2. The van der Waals surface area contributed by atoms with Crippen LogP contribution in [0.2, 0.25) is 0 Å². The minimum absolute atomic E-state index is 0.252. The largest absolute Gasteiger partial charge is 0.310 e. The summed E-state index contributed by atoms with van der Waals surface area (Å²) in [5.41, 5.74) is 20.9.